The number of hydrogen-bond donors (Lipinski definition) is 1. The minimum atomic E-state index is -0.236. The Morgan fingerprint density at radius 3 is 3.09 bits per heavy atom. The first kappa shape index (κ1) is 6.42. The summed E-state index contributed by atoms with van der Waals surface area (Å²) in [5, 5.41) is 9.02. The molecule has 2 aromatic heterocycles. The second-order valence-electron chi connectivity index (χ2n) is 2.04. The van der Waals surface area contributed by atoms with Gasteiger partial charge in [-0.05, 0) is 12.1 Å². The van der Waals surface area contributed by atoms with Gasteiger partial charge in [0.2, 0.25) is 0 Å². The first-order valence-electron chi connectivity index (χ1n) is 2.97. The number of nitrogens with zero attached hydrogens (tertiary/aromatic N) is 3. The molecule has 0 spiro atoms. The van der Waals surface area contributed by atoms with E-state index >= 15 is 0 Å². The fraction of sp³-hybridized carbons (Fsp3) is 0. The van der Waals surface area contributed by atoms with Crippen LogP contribution >= 0.6 is 11.8 Å². The third-order valence-corrected chi connectivity index (χ3v) is 1.69. The second kappa shape index (κ2) is 2.10. The van der Waals surface area contributed by atoms with Crippen molar-refractivity contribution >= 4 is 22.9 Å². The lowest BCUT2D eigenvalue weighted by atomic mass is 10.4. The van der Waals surface area contributed by atoms with E-state index in [-0.39, 0.29) is 6.01 Å². The first-order chi connectivity index (χ1) is 5.29. The van der Waals surface area contributed by atoms with Crippen LogP contribution < -0.4 is 0 Å². The zero-order valence-corrected chi connectivity index (χ0v) is 6.15. The number of fused-ring (bicyclic) bond motifs is 1. The number of imidazole rings is 1. The average Bonchev–Trinajstić information content (AvgIpc) is 2.30. The van der Waals surface area contributed by atoms with E-state index in [2.05, 4.69) is 9.97 Å². The van der Waals surface area contributed by atoms with Gasteiger partial charge in [-0.1, -0.05) is 0 Å². The fourth-order valence-electron chi connectivity index (χ4n) is 0.874. The molecular formula is C6H4ClN3O. The Labute approximate surface area is 67.2 Å². The van der Waals surface area contributed by atoms with E-state index in [9.17, 15) is 0 Å². The number of aromatic hydroxyl groups is 1. The highest BCUT2D eigenvalue weighted by Crippen LogP contribution is 2.18. The van der Waals surface area contributed by atoms with Crippen molar-refractivity contribution in [2.75, 3.05) is 0 Å². The maximum absolute atomic E-state index is 9.02. The summed E-state index contributed by atoms with van der Waals surface area (Å²) in [6.07, 6.45) is 1.59. The lowest BCUT2D eigenvalue weighted by Crippen LogP contribution is -1.77. The molecule has 5 heteroatoms. The molecule has 0 aliphatic rings. The zero-order valence-electron chi connectivity index (χ0n) is 5.40. The summed E-state index contributed by atoms with van der Waals surface area (Å²) in [6, 6.07) is 3.21. The average molecular weight is 170 g/mol. The minimum absolute atomic E-state index is 0.236. The molecule has 0 aliphatic carbocycles. The SMILES string of the molecule is Oc1nc2ncccc2n1Cl. The Kier molecular flexibility index (Phi) is 1.22. The van der Waals surface area contributed by atoms with Gasteiger partial charge in [-0.3, -0.25) is 0 Å². The lowest BCUT2D eigenvalue weighted by molar-refractivity contribution is 0.432. The maximum Gasteiger partial charge on any atom is 0.311 e. The molecule has 2 heterocycles. The van der Waals surface area contributed by atoms with E-state index in [1.807, 2.05) is 0 Å². The fourth-order valence-corrected chi connectivity index (χ4v) is 1.04. The van der Waals surface area contributed by atoms with E-state index in [1.54, 1.807) is 18.3 Å². The van der Waals surface area contributed by atoms with Gasteiger partial charge >= 0.3 is 6.01 Å². The highest BCUT2D eigenvalue weighted by molar-refractivity contribution is 6.19. The Hall–Kier alpha value is -1.29. The Morgan fingerprint density at radius 2 is 2.36 bits per heavy atom. The van der Waals surface area contributed by atoms with E-state index < -0.39 is 0 Å². The maximum atomic E-state index is 9.02. The summed E-state index contributed by atoms with van der Waals surface area (Å²) in [7, 11) is 0. The van der Waals surface area contributed by atoms with Gasteiger partial charge in [0.25, 0.3) is 0 Å². The van der Waals surface area contributed by atoms with Crippen molar-refractivity contribution in [1.82, 2.24) is 14.1 Å². The molecule has 0 bridgehead atoms. The zero-order chi connectivity index (χ0) is 7.84. The third-order valence-electron chi connectivity index (χ3n) is 1.36. The molecule has 11 heavy (non-hydrogen) atoms. The van der Waals surface area contributed by atoms with E-state index in [0.717, 1.165) is 4.09 Å². The topological polar surface area (TPSA) is 50.9 Å². The molecule has 0 aromatic carbocycles. The van der Waals surface area contributed by atoms with Crippen molar-refractivity contribution in [3.8, 4) is 6.01 Å². The second-order valence-corrected chi connectivity index (χ2v) is 2.38. The first-order valence-corrected chi connectivity index (χ1v) is 3.31. The summed E-state index contributed by atoms with van der Waals surface area (Å²) in [5.41, 5.74) is 1.05. The van der Waals surface area contributed by atoms with Gasteiger partial charge in [0.1, 0.15) is 5.52 Å². The number of aromatic nitrogens is 3. The quantitative estimate of drug-likeness (QED) is 0.644. The summed E-state index contributed by atoms with van der Waals surface area (Å²) in [6.45, 7) is 0. The molecule has 0 aliphatic heterocycles. The summed E-state index contributed by atoms with van der Waals surface area (Å²) in [4.78, 5) is 7.57. The van der Waals surface area contributed by atoms with Crippen molar-refractivity contribution < 1.29 is 5.11 Å². The van der Waals surface area contributed by atoms with Crippen molar-refractivity contribution in [2.45, 2.75) is 0 Å². The monoisotopic (exact) mass is 169 g/mol. The largest absolute Gasteiger partial charge is 0.479 e. The molecule has 2 rings (SSSR count). The van der Waals surface area contributed by atoms with Gasteiger partial charge in [-0.15, -0.1) is 0 Å². The molecular weight excluding hydrogens is 166 g/mol. The van der Waals surface area contributed by atoms with Gasteiger partial charge < -0.3 is 5.11 Å². The van der Waals surface area contributed by atoms with Crippen LogP contribution in [-0.4, -0.2) is 19.2 Å². The van der Waals surface area contributed by atoms with E-state index in [0.29, 0.717) is 11.2 Å². The molecule has 0 unspecified atom stereocenters. The minimum Gasteiger partial charge on any atom is -0.479 e. The van der Waals surface area contributed by atoms with Crippen LogP contribution in [0.4, 0.5) is 0 Å². The molecule has 0 amide bonds. The standard InChI is InChI=1S/C6H4ClN3O/c7-10-4-2-1-3-8-5(4)9-6(10)11/h1-3H,(H,8,9,11). The molecule has 56 valence electrons. The molecule has 0 fully saturated rings. The van der Waals surface area contributed by atoms with Crippen LogP contribution in [0.3, 0.4) is 0 Å². The van der Waals surface area contributed by atoms with Crippen LogP contribution in [0.5, 0.6) is 6.01 Å². The van der Waals surface area contributed by atoms with E-state index in [1.165, 1.54) is 0 Å². The molecule has 4 nitrogen and oxygen atoms in total. The normalized spacial score (nSPS) is 10.6. The van der Waals surface area contributed by atoms with Crippen molar-refractivity contribution in [1.29, 1.82) is 0 Å². The van der Waals surface area contributed by atoms with E-state index in [4.69, 9.17) is 16.9 Å². The predicted molar refractivity (Wildman–Crippen MR) is 40.4 cm³/mol. The van der Waals surface area contributed by atoms with Gasteiger partial charge in [0.05, 0.1) is 0 Å². The summed E-state index contributed by atoms with van der Waals surface area (Å²) >= 11 is 5.61. The Morgan fingerprint density at radius 1 is 1.55 bits per heavy atom. The van der Waals surface area contributed by atoms with Crippen LogP contribution in [0.25, 0.3) is 11.2 Å². The van der Waals surface area contributed by atoms with Gasteiger partial charge in [-0.2, -0.15) is 4.98 Å². The predicted octanol–water partition coefficient (Wildman–Crippen LogP) is 1.14. The van der Waals surface area contributed by atoms with Gasteiger partial charge in [0.15, 0.2) is 5.65 Å². The smallest absolute Gasteiger partial charge is 0.311 e. The summed E-state index contributed by atoms with van der Waals surface area (Å²) in [5.74, 6) is 0. The molecule has 0 atom stereocenters. The number of hydrogen-bond acceptors (Lipinski definition) is 3. The van der Waals surface area contributed by atoms with Crippen LogP contribution in [0.2, 0.25) is 0 Å². The molecule has 0 saturated heterocycles. The number of pyridine rings is 1. The number of rotatable bonds is 0. The van der Waals surface area contributed by atoms with Crippen molar-refractivity contribution in [3.05, 3.63) is 18.3 Å². The number of halogens is 1. The van der Waals surface area contributed by atoms with Crippen LogP contribution in [-0.2, 0) is 0 Å². The highest BCUT2D eigenvalue weighted by atomic mass is 35.5. The van der Waals surface area contributed by atoms with Crippen LogP contribution in [0.1, 0.15) is 0 Å². The Bertz CT molecular complexity index is 398. The van der Waals surface area contributed by atoms with Gasteiger partial charge in [0, 0.05) is 18.0 Å². The van der Waals surface area contributed by atoms with Crippen LogP contribution in [0.15, 0.2) is 18.3 Å². The lowest BCUT2D eigenvalue weighted by Gasteiger charge is -1.88. The third kappa shape index (κ3) is 0.832. The molecule has 0 radical (unpaired) electrons. The van der Waals surface area contributed by atoms with Crippen molar-refractivity contribution in [3.63, 3.8) is 0 Å². The summed E-state index contributed by atoms with van der Waals surface area (Å²) < 4.78 is 1.06. The van der Waals surface area contributed by atoms with Crippen LogP contribution in [0, 0.1) is 0 Å². The highest BCUT2D eigenvalue weighted by Gasteiger charge is 2.06. The molecule has 1 N–H and O–H groups in total. The van der Waals surface area contributed by atoms with Gasteiger partial charge in [-0.25, -0.2) is 9.07 Å². The molecule has 0 saturated carbocycles. The molecule has 2 aromatic rings. The van der Waals surface area contributed by atoms with Crippen molar-refractivity contribution in [2.24, 2.45) is 0 Å². The Balaban J connectivity index is 2.92.